The Bertz CT molecular complexity index is 289. The van der Waals surface area contributed by atoms with Gasteiger partial charge in [0.05, 0.1) is 6.42 Å². The van der Waals surface area contributed by atoms with Crippen molar-refractivity contribution in [1.29, 1.82) is 0 Å². The zero-order valence-electron chi connectivity index (χ0n) is 8.99. The minimum atomic E-state index is -3.56. The molecule has 0 saturated heterocycles. The fourth-order valence-corrected chi connectivity index (χ4v) is 2.32. The Hall–Kier alpha value is -0.660. The molecular formula is C8H18N2O4S. The van der Waals surface area contributed by atoms with E-state index in [1.165, 1.54) is 0 Å². The van der Waals surface area contributed by atoms with Crippen LogP contribution in [0.25, 0.3) is 0 Å². The summed E-state index contributed by atoms with van der Waals surface area (Å²) in [6.45, 7) is 3.81. The van der Waals surface area contributed by atoms with Crippen LogP contribution in [0.15, 0.2) is 0 Å². The summed E-state index contributed by atoms with van der Waals surface area (Å²) in [5, 5.41) is 8.58. The second kappa shape index (κ2) is 6.76. The van der Waals surface area contributed by atoms with E-state index in [-0.39, 0.29) is 13.0 Å². The second-order valence-electron chi connectivity index (χ2n) is 3.20. The number of nitrogens with one attached hydrogen (secondary N) is 2. The molecular weight excluding hydrogens is 220 g/mol. The van der Waals surface area contributed by atoms with Gasteiger partial charge in [-0.05, 0) is 6.42 Å². The Morgan fingerprint density at radius 2 is 2.00 bits per heavy atom. The van der Waals surface area contributed by atoms with Gasteiger partial charge in [0.15, 0.2) is 0 Å². The molecule has 1 unspecified atom stereocenters. The maximum Gasteiger partial charge on any atom is 0.304 e. The lowest BCUT2D eigenvalue weighted by atomic mass is 10.1. The third-order valence-electron chi connectivity index (χ3n) is 1.71. The third kappa shape index (κ3) is 7.29. The van der Waals surface area contributed by atoms with Crippen molar-refractivity contribution >= 4 is 16.2 Å². The lowest BCUT2D eigenvalue weighted by Crippen LogP contribution is -2.43. The van der Waals surface area contributed by atoms with Crippen LogP contribution in [-0.4, -0.2) is 32.1 Å². The van der Waals surface area contributed by atoms with Crippen molar-refractivity contribution in [2.45, 2.75) is 39.2 Å². The normalized spacial score (nSPS) is 13.7. The summed E-state index contributed by atoms with van der Waals surface area (Å²) < 4.78 is 27.1. The molecule has 0 bridgehead atoms. The fraction of sp³-hybridized carbons (Fsp3) is 0.875. The summed E-state index contributed by atoms with van der Waals surface area (Å²) in [4.78, 5) is 10.5. The zero-order chi connectivity index (χ0) is 11.9. The highest BCUT2D eigenvalue weighted by molar-refractivity contribution is 7.87. The van der Waals surface area contributed by atoms with E-state index < -0.39 is 22.2 Å². The average Bonchev–Trinajstić information content (AvgIpc) is 2.01. The maximum absolute atomic E-state index is 11.3. The molecule has 0 saturated carbocycles. The molecule has 0 aliphatic rings. The van der Waals surface area contributed by atoms with Gasteiger partial charge in [-0.3, -0.25) is 4.79 Å². The number of carboxylic acids is 1. The first-order valence-corrected chi connectivity index (χ1v) is 6.38. The molecule has 90 valence electrons. The van der Waals surface area contributed by atoms with E-state index in [9.17, 15) is 13.2 Å². The topological polar surface area (TPSA) is 95.5 Å². The van der Waals surface area contributed by atoms with Gasteiger partial charge >= 0.3 is 5.97 Å². The molecule has 0 amide bonds. The fourth-order valence-electron chi connectivity index (χ4n) is 1.21. The van der Waals surface area contributed by atoms with Gasteiger partial charge in [0.1, 0.15) is 0 Å². The van der Waals surface area contributed by atoms with Crippen LogP contribution in [0.3, 0.4) is 0 Å². The minimum Gasteiger partial charge on any atom is -0.481 e. The Labute approximate surface area is 90.2 Å². The smallest absolute Gasteiger partial charge is 0.304 e. The first-order valence-electron chi connectivity index (χ1n) is 4.90. The van der Waals surface area contributed by atoms with Crippen molar-refractivity contribution in [3.05, 3.63) is 0 Å². The highest BCUT2D eigenvalue weighted by Gasteiger charge is 2.18. The van der Waals surface area contributed by atoms with Crippen LogP contribution < -0.4 is 9.44 Å². The van der Waals surface area contributed by atoms with Crippen LogP contribution in [0.2, 0.25) is 0 Å². The minimum absolute atomic E-state index is 0.196. The highest BCUT2D eigenvalue weighted by Crippen LogP contribution is 2.02. The Kier molecular flexibility index (Phi) is 6.46. The maximum atomic E-state index is 11.3. The zero-order valence-corrected chi connectivity index (χ0v) is 9.80. The number of hydrogen-bond acceptors (Lipinski definition) is 3. The average molecular weight is 238 g/mol. The predicted molar refractivity (Wildman–Crippen MR) is 56.7 cm³/mol. The van der Waals surface area contributed by atoms with Crippen LogP contribution in [-0.2, 0) is 15.0 Å². The molecule has 0 aliphatic carbocycles. The molecule has 15 heavy (non-hydrogen) atoms. The van der Waals surface area contributed by atoms with Gasteiger partial charge in [-0.15, -0.1) is 0 Å². The van der Waals surface area contributed by atoms with Gasteiger partial charge in [-0.1, -0.05) is 20.3 Å². The number of aliphatic carboxylic acids is 1. The molecule has 7 heteroatoms. The summed E-state index contributed by atoms with van der Waals surface area (Å²) in [7, 11) is -3.56. The van der Waals surface area contributed by atoms with Crippen molar-refractivity contribution in [3.63, 3.8) is 0 Å². The van der Waals surface area contributed by atoms with Crippen LogP contribution in [0.1, 0.15) is 33.1 Å². The molecule has 0 aromatic heterocycles. The summed E-state index contributed by atoms with van der Waals surface area (Å²) in [5.41, 5.74) is 0. The molecule has 0 aromatic rings. The van der Waals surface area contributed by atoms with E-state index in [1.807, 2.05) is 6.92 Å². The van der Waals surface area contributed by atoms with Crippen molar-refractivity contribution in [2.24, 2.45) is 0 Å². The largest absolute Gasteiger partial charge is 0.481 e. The van der Waals surface area contributed by atoms with Gasteiger partial charge in [0.2, 0.25) is 0 Å². The first-order chi connectivity index (χ1) is 6.91. The van der Waals surface area contributed by atoms with Crippen molar-refractivity contribution in [3.8, 4) is 0 Å². The molecule has 0 aliphatic heterocycles. The van der Waals surface area contributed by atoms with Crippen LogP contribution >= 0.6 is 0 Å². The van der Waals surface area contributed by atoms with Gasteiger partial charge < -0.3 is 5.11 Å². The van der Waals surface area contributed by atoms with Crippen molar-refractivity contribution < 1.29 is 18.3 Å². The standard InChI is InChI=1S/C8H18N2O4S/c1-3-5-7(6-8(11)12)10-15(13,14)9-4-2/h7,9-10H,3-6H2,1-2H3,(H,11,12). The molecule has 3 N–H and O–H groups in total. The van der Waals surface area contributed by atoms with Crippen LogP contribution in [0.5, 0.6) is 0 Å². The summed E-state index contributed by atoms with van der Waals surface area (Å²) in [6, 6.07) is -0.545. The molecule has 1 atom stereocenters. The lowest BCUT2D eigenvalue weighted by molar-refractivity contribution is -0.137. The molecule has 0 fully saturated rings. The summed E-state index contributed by atoms with van der Waals surface area (Å²) in [5.74, 6) is -1.01. The van der Waals surface area contributed by atoms with E-state index in [1.54, 1.807) is 6.92 Å². The summed E-state index contributed by atoms with van der Waals surface area (Å²) >= 11 is 0. The quantitative estimate of drug-likeness (QED) is 0.557. The van der Waals surface area contributed by atoms with E-state index in [4.69, 9.17) is 5.11 Å². The molecule has 0 radical (unpaired) electrons. The monoisotopic (exact) mass is 238 g/mol. The molecule has 0 rings (SSSR count). The molecule has 0 heterocycles. The van der Waals surface area contributed by atoms with E-state index >= 15 is 0 Å². The van der Waals surface area contributed by atoms with Crippen LogP contribution in [0, 0.1) is 0 Å². The van der Waals surface area contributed by atoms with Crippen molar-refractivity contribution in [2.75, 3.05) is 6.54 Å². The predicted octanol–water partition coefficient (Wildman–Crippen LogP) is 0.0737. The molecule has 6 nitrogen and oxygen atoms in total. The van der Waals surface area contributed by atoms with E-state index in [0.717, 1.165) is 6.42 Å². The Morgan fingerprint density at radius 3 is 2.40 bits per heavy atom. The highest BCUT2D eigenvalue weighted by atomic mass is 32.2. The first kappa shape index (κ1) is 14.3. The Balaban J connectivity index is 4.32. The molecule has 0 aromatic carbocycles. The second-order valence-corrected chi connectivity index (χ2v) is 4.73. The van der Waals surface area contributed by atoms with Gasteiger partial charge in [-0.2, -0.15) is 13.1 Å². The molecule has 0 spiro atoms. The van der Waals surface area contributed by atoms with E-state index in [2.05, 4.69) is 9.44 Å². The Morgan fingerprint density at radius 1 is 1.40 bits per heavy atom. The van der Waals surface area contributed by atoms with E-state index in [0.29, 0.717) is 6.42 Å². The summed E-state index contributed by atoms with van der Waals surface area (Å²) in [6.07, 6.45) is 1.04. The van der Waals surface area contributed by atoms with Gasteiger partial charge in [0.25, 0.3) is 10.2 Å². The lowest BCUT2D eigenvalue weighted by Gasteiger charge is -2.15. The number of carboxylic acid groups (broad SMARTS) is 1. The number of rotatable bonds is 8. The van der Waals surface area contributed by atoms with Gasteiger partial charge in [0, 0.05) is 12.6 Å². The van der Waals surface area contributed by atoms with Crippen LogP contribution in [0.4, 0.5) is 0 Å². The SMILES string of the molecule is CCCC(CC(=O)O)NS(=O)(=O)NCC. The van der Waals surface area contributed by atoms with Crippen molar-refractivity contribution in [1.82, 2.24) is 9.44 Å². The third-order valence-corrected chi connectivity index (χ3v) is 3.03. The van der Waals surface area contributed by atoms with Gasteiger partial charge in [-0.25, -0.2) is 4.72 Å². The number of carbonyl (C=O) groups is 1. The number of hydrogen-bond donors (Lipinski definition) is 3.